The Balaban J connectivity index is 1.83. The first-order chi connectivity index (χ1) is 14.2. The third kappa shape index (κ3) is 4.24. The fourth-order valence-electron chi connectivity index (χ4n) is 2.94. The Morgan fingerprint density at radius 3 is 1.79 bits per heavy atom. The van der Waals surface area contributed by atoms with Gasteiger partial charge in [0.05, 0.1) is 12.2 Å². The molecule has 1 aromatic heterocycles. The smallest absolute Gasteiger partial charge is 0.167 e. The highest BCUT2D eigenvalue weighted by Crippen LogP contribution is 2.32. The van der Waals surface area contributed by atoms with Crippen LogP contribution in [0.1, 0.15) is 13.3 Å². The van der Waals surface area contributed by atoms with Crippen LogP contribution in [-0.4, -0.2) is 26.7 Å². The van der Waals surface area contributed by atoms with Gasteiger partial charge in [0.2, 0.25) is 0 Å². The number of aromatic hydroxyl groups is 1. The number of aromatic nitrogens is 3. The van der Waals surface area contributed by atoms with Gasteiger partial charge < -0.3 is 9.84 Å². The van der Waals surface area contributed by atoms with Gasteiger partial charge in [0, 0.05) is 17.2 Å². The van der Waals surface area contributed by atoms with Gasteiger partial charge in [-0.05, 0) is 18.6 Å². The first-order valence-electron chi connectivity index (χ1n) is 9.57. The molecule has 4 aromatic rings. The molecule has 0 aliphatic carbocycles. The molecule has 0 amide bonds. The molecule has 29 heavy (non-hydrogen) atoms. The van der Waals surface area contributed by atoms with Crippen LogP contribution >= 0.6 is 0 Å². The molecule has 0 bridgehead atoms. The summed E-state index contributed by atoms with van der Waals surface area (Å²) in [4.78, 5) is 13.9. The third-order valence-electron chi connectivity index (χ3n) is 4.38. The molecular weight excluding hydrogens is 362 g/mol. The summed E-state index contributed by atoms with van der Waals surface area (Å²) in [6.45, 7) is 2.64. The molecule has 0 spiro atoms. The topological polar surface area (TPSA) is 68.1 Å². The molecule has 144 valence electrons. The number of hydrogen-bond acceptors (Lipinski definition) is 5. The van der Waals surface area contributed by atoms with Crippen molar-refractivity contribution in [1.29, 1.82) is 0 Å². The lowest BCUT2D eigenvalue weighted by Crippen LogP contribution is -2.00. The van der Waals surface area contributed by atoms with E-state index in [-0.39, 0.29) is 5.75 Å². The molecular formula is C24H21N3O2. The zero-order valence-corrected chi connectivity index (χ0v) is 16.1. The molecule has 3 aromatic carbocycles. The van der Waals surface area contributed by atoms with E-state index in [9.17, 15) is 5.11 Å². The zero-order chi connectivity index (χ0) is 20.1. The Morgan fingerprint density at radius 2 is 1.28 bits per heavy atom. The van der Waals surface area contributed by atoms with Crippen LogP contribution in [0.15, 0.2) is 78.9 Å². The Kier molecular flexibility index (Phi) is 5.47. The Morgan fingerprint density at radius 1 is 0.724 bits per heavy atom. The van der Waals surface area contributed by atoms with Crippen molar-refractivity contribution in [1.82, 2.24) is 15.0 Å². The highest BCUT2D eigenvalue weighted by atomic mass is 16.5. The summed E-state index contributed by atoms with van der Waals surface area (Å²) in [5, 5.41) is 10.6. The number of nitrogens with zero attached hydrogens (tertiary/aromatic N) is 3. The van der Waals surface area contributed by atoms with E-state index < -0.39 is 0 Å². The lowest BCUT2D eigenvalue weighted by atomic mass is 10.1. The summed E-state index contributed by atoms with van der Waals surface area (Å²) in [5.74, 6) is 2.22. The number of rotatable bonds is 6. The maximum absolute atomic E-state index is 10.6. The summed E-state index contributed by atoms with van der Waals surface area (Å²) in [5.41, 5.74) is 2.30. The van der Waals surface area contributed by atoms with Crippen LogP contribution < -0.4 is 4.74 Å². The van der Waals surface area contributed by atoms with Crippen molar-refractivity contribution in [2.75, 3.05) is 6.61 Å². The zero-order valence-electron chi connectivity index (χ0n) is 16.1. The molecule has 0 aliphatic heterocycles. The second kappa shape index (κ2) is 8.52. The van der Waals surface area contributed by atoms with Crippen molar-refractivity contribution in [2.45, 2.75) is 13.3 Å². The average Bonchev–Trinajstić information content (AvgIpc) is 2.78. The first-order valence-corrected chi connectivity index (χ1v) is 9.57. The highest BCUT2D eigenvalue weighted by molar-refractivity contribution is 5.70. The van der Waals surface area contributed by atoms with Crippen molar-refractivity contribution >= 4 is 0 Å². The summed E-state index contributed by atoms with van der Waals surface area (Å²) in [6, 6.07) is 24.7. The van der Waals surface area contributed by atoms with Gasteiger partial charge in [0.1, 0.15) is 11.5 Å². The predicted octanol–water partition coefficient (Wildman–Crippen LogP) is 5.37. The molecule has 1 heterocycles. The monoisotopic (exact) mass is 383 g/mol. The molecule has 0 saturated carbocycles. The molecule has 0 aliphatic rings. The molecule has 0 atom stereocenters. The lowest BCUT2D eigenvalue weighted by Gasteiger charge is -2.10. The summed E-state index contributed by atoms with van der Waals surface area (Å²) in [7, 11) is 0. The maximum Gasteiger partial charge on any atom is 0.167 e. The molecule has 1 N–H and O–H groups in total. The van der Waals surface area contributed by atoms with Crippen molar-refractivity contribution in [3.63, 3.8) is 0 Å². The van der Waals surface area contributed by atoms with Gasteiger partial charge in [-0.25, -0.2) is 15.0 Å². The molecule has 0 fully saturated rings. The minimum atomic E-state index is 0.0721. The number of hydrogen-bond donors (Lipinski definition) is 1. The van der Waals surface area contributed by atoms with Crippen LogP contribution in [0.25, 0.3) is 34.2 Å². The van der Waals surface area contributed by atoms with Crippen molar-refractivity contribution in [3.8, 4) is 45.7 Å². The molecule has 5 nitrogen and oxygen atoms in total. The predicted molar refractivity (Wildman–Crippen MR) is 114 cm³/mol. The molecule has 0 saturated heterocycles. The number of phenolic OH excluding ortho intramolecular Hbond substituents is 1. The number of ether oxygens (including phenoxy) is 1. The van der Waals surface area contributed by atoms with Gasteiger partial charge in [-0.2, -0.15) is 0 Å². The van der Waals surface area contributed by atoms with Gasteiger partial charge in [-0.15, -0.1) is 0 Å². The van der Waals surface area contributed by atoms with Crippen molar-refractivity contribution in [2.24, 2.45) is 0 Å². The van der Waals surface area contributed by atoms with Crippen LogP contribution in [0.4, 0.5) is 0 Å². The van der Waals surface area contributed by atoms with Gasteiger partial charge >= 0.3 is 0 Å². The Labute approximate surface area is 169 Å². The van der Waals surface area contributed by atoms with Crippen molar-refractivity contribution < 1.29 is 9.84 Å². The number of phenols is 1. The molecule has 4 rings (SSSR count). The van der Waals surface area contributed by atoms with Gasteiger partial charge in [0.15, 0.2) is 17.5 Å². The largest absolute Gasteiger partial charge is 0.507 e. The summed E-state index contributed by atoms with van der Waals surface area (Å²) in [6.07, 6.45) is 0.900. The van der Waals surface area contributed by atoms with Crippen LogP contribution in [0.3, 0.4) is 0 Å². The van der Waals surface area contributed by atoms with Crippen molar-refractivity contribution in [3.05, 3.63) is 78.9 Å². The van der Waals surface area contributed by atoms with E-state index in [1.54, 1.807) is 12.1 Å². The average molecular weight is 383 g/mol. The molecule has 0 unspecified atom stereocenters. The van der Waals surface area contributed by atoms with Crippen LogP contribution in [0, 0.1) is 0 Å². The second-order valence-corrected chi connectivity index (χ2v) is 6.57. The first kappa shape index (κ1) is 18.6. The van der Waals surface area contributed by atoms with Crippen LogP contribution in [0.2, 0.25) is 0 Å². The SMILES string of the molecule is CCCOc1ccc(-c2nc(-c3ccccc3)nc(-c3ccccc3)n2)c(O)c1. The maximum atomic E-state index is 10.6. The van der Waals surface area contributed by atoms with E-state index in [1.807, 2.05) is 73.7 Å². The normalized spacial score (nSPS) is 10.7. The Hall–Kier alpha value is -3.73. The van der Waals surface area contributed by atoms with Crippen LogP contribution in [-0.2, 0) is 0 Å². The van der Waals surface area contributed by atoms with E-state index in [4.69, 9.17) is 4.74 Å². The minimum Gasteiger partial charge on any atom is -0.507 e. The third-order valence-corrected chi connectivity index (χ3v) is 4.38. The van der Waals surface area contributed by atoms with E-state index in [0.29, 0.717) is 35.4 Å². The fourth-order valence-corrected chi connectivity index (χ4v) is 2.94. The van der Waals surface area contributed by atoms with Crippen LogP contribution in [0.5, 0.6) is 11.5 Å². The summed E-state index contributed by atoms with van der Waals surface area (Å²) < 4.78 is 5.60. The van der Waals surface area contributed by atoms with E-state index in [0.717, 1.165) is 17.5 Å². The Bertz CT molecular complexity index is 1040. The highest BCUT2D eigenvalue weighted by Gasteiger charge is 2.15. The van der Waals surface area contributed by atoms with Gasteiger partial charge in [0.25, 0.3) is 0 Å². The standard InChI is InChI=1S/C24H21N3O2/c1-2-15-29-19-13-14-20(21(28)16-19)24-26-22(17-9-5-3-6-10-17)25-23(27-24)18-11-7-4-8-12-18/h3-14,16,28H,2,15H2,1H3. The molecule has 5 heteroatoms. The van der Waals surface area contributed by atoms with Gasteiger partial charge in [-0.1, -0.05) is 67.6 Å². The van der Waals surface area contributed by atoms with Gasteiger partial charge in [-0.3, -0.25) is 0 Å². The quantitative estimate of drug-likeness (QED) is 0.485. The molecule has 0 radical (unpaired) electrons. The number of benzene rings is 3. The minimum absolute atomic E-state index is 0.0721. The summed E-state index contributed by atoms with van der Waals surface area (Å²) >= 11 is 0. The van der Waals surface area contributed by atoms with E-state index in [1.165, 1.54) is 0 Å². The van der Waals surface area contributed by atoms with E-state index >= 15 is 0 Å². The second-order valence-electron chi connectivity index (χ2n) is 6.57. The van der Waals surface area contributed by atoms with E-state index in [2.05, 4.69) is 15.0 Å². The lowest BCUT2D eigenvalue weighted by molar-refractivity contribution is 0.315. The fraction of sp³-hybridized carbons (Fsp3) is 0.125.